The summed E-state index contributed by atoms with van der Waals surface area (Å²) in [6.07, 6.45) is 5.01. The van der Waals surface area contributed by atoms with Gasteiger partial charge in [-0.2, -0.15) is 0 Å². The number of carbonyl (C=O) groups is 2. The van der Waals surface area contributed by atoms with Gasteiger partial charge in [0.2, 0.25) is 0 Å². The topological polar surface area (TPSA) is 94.5 Å². The molecule has 38 heavy (non-hydrogen) atoms. The highest BCUT2D eigenvalue weighted by Gasteiger charge is 2.43. The Morgan fingerprint density at radius 2 is 1.87 bits per heavy atom. The van der Waals surface area contributed by atoms with Crippen LogP contribution in [0.15, 0.2) is 30.4 Å². The second kappa shape index (κ2) is 11.6. The number of anilines is 1. The molecule has 2 aliphatic heterocycles. The summed E-state index contributed by atoms with van der Waals surface area (Å²) in [4.78, 5) is 27.9. The fourth-order valence-corrected chi connectivity index (χ4v) is 4.65. The molecular formula is C30H43NO7. The SMILES string of the molecule is CCN(C(=O)OC(C)(C)C)c1cc(C)c2c(c1)/C=C/C[C@@H]1OC(C)(C)O[C@@H]1C(O)/C=C\[C@@H](C)[C@H](C)OC2=O. The lowest BCUT2D eigenvalue weighted by Crippen LogP contribution is -2.37. The number of aliphatic hydroxyl groups excluding tert-OH is 1. The smallest absolute Gasteiger partial charge is 0.414 e. The monoisotopic (exact) mass is 529 g/mol. The van der Waals surface area contributed by atoms with Crippen molar-refractivity contribution in [2.45, 2.75) is 105 Å². The quantitative estimate of drug-likeness (QED) is 0.383. The van der Waals surface area contributed by atoms with Crippen LogP contribution in [-0.4, -0.2) is 59.5 Å². The van der Waals surface area contributed by atoms with Crippen molar-refractivity contribution in [3.05, 3.63) is 47.1 Å². The summed E-state index contributed by atoms with van der Waals surface area (Å²) in [7, 11) is 0. The molecule has 0 bridgehead atoms. The number of rotatable bonds is 2. The standard InChI is InChI=1S/C30H43NO7/c1-10-31(28(34)38-29(5,6)7)22-16-19(3)25-21(17-22)12-11-13-24-26(37-30(8,9)36-24)23(32)15-14-18(2)20(4)35-27(25)33/h11-12,14-18,20,23-24,26,32H,10,13H2,1-9H3/b12-11+,15-14-/t18-,20+,23?,24+,26-/m1/s1. The van der Waals surface area contributed by atoms with Crippen molar-refractivity contribution in [1.82, 2.24) is 0 Å². The van der Waals surface area contributed by atoms with Gasteiger partial charge in [0.1, 0.15) is 23.9 Å². The van der Waals surface area contributed by atoms with E-state index in [-0.39, 0.29) is 12.0 Å². The first-order valence-electron chi connectivity index (χ1n) is 13.4. The maximum absolute atomic E-state index is 13.4. The van der Waals surface area contributed by atoms with E-state index in [9.17, 15) is 14.7 Å². The first-order chi connectivity index (χ1) is 17.6. The van der Waals surface area contributed by atoms with Crippen LogP contribution in [0.2, 0.25) is 0 Å². The molecule has 1 amide bonds. The van der Waals surface area contributed by atoms with Gasteiger partial charge < -0.3 is 24.1 Å². The summed E-state index contributed by atoms with van der Waals surface area (Å²) in [5, 5.41) is 10.9. The normalized spacial score (nSPS) is 29.3. The van der Waals surface area contributed by atoms with Gasteiger partial charge in [0.25, 0.3) is 0 Å². The molecule has 0 saturated carbocycles. The molecule has 5 atom stereocenters. The summed E-state index contributed by atoms with van der Waals surface area (Å²) in [5.41, 5.74) is 1.72. The van der Waals surface area contributed by atoms with Crippen molar-refractivity contribution < 1.29 is 33.6 Å². The largest absolute Gasteiger partial charge is 0.458 e. The molecule has 1 fully saturated rings. The van der Waals surface area contributed by atoms with Crippen molar-refractivity contribution in [2.24, 2.45) is 5.92 Å². The van der Waals surface area contributed by atoms with Gasteiger partial charge in [-0.25, -0.2) is 9.59 Å². The summed E-state index contributed by atoms with van der Waals surface area (Å²) in [6.45, 7) is 17.0. The number of amides is 1. The lowest BCUT2D eigenvalue weighted by Gasteiger charge is -2.27. The Balaban J connectivity index is 2.07. The number of ether oxygens (including phenoxy) is 4. The van der Waals surface area contributed by atoms with E-state index < -0.39 is 41.8 Å². The van der Waals surface area contributed by atoms with Crippen molar-refractivity contribution in [2.75, 3.05) is 11.4 Å². The van der Waals surface area contributed by atoms with Gasteiger partial charge in [-0.05, 0) is 85.1 Å². The molecule has 2 heterocycles. The molecule has 1 N–H and O–H groups in total. The van der Waals surface area contributed by atoms with Crippen molar-refractivity contribution in [3.63, 3.8) is 0 Å². The Morgan fingerprint density at radius 1 is 1.18 bits per heavy atom. The number of aliphatic hydroxyl groups is 1. The van der Waals surface area contributed by atoms with Gasteiger partial charge in [-0.15, -0.1) is 0 Å². The van der Waals surface area contributed by atoms with Crippen molar-refractivity contribution in [3.8, 4) is 0 Å². The lowest BCUT2D eigenvalue weighted by atomic mass is 9.97. The highest BCUT2D eigenvalue weighted by Crippen LogP contribution is 2.34. The summed E-state index contributed by atoms with van der Waals surface area (Å²) < 4.78 is 23.6. The van der Waals surface area contributed by atoms with Gasteiger partial charge in [0.15, 0.2) is 5.79 Å². The van der Waals surface area contributed by atoms with Crippen LogP contribution in [-0.2, 0) is 18.9 Å². The molecule has 210 valence electrons. The number of hydrogen-bond donors (Lipinski definition) is 1. The van der Waals surface area contributed by atoms with Crippen LogP contribution < -0.4 is 4.90 Å². The predicted octanol–water partition coefficient (Wildman–Crippen LogP) is 5.79. The molecule has 0 radical (unpaired) electrons. The summed E-state index contributed by atoms with van der Waals surface area (Å²) >= 11 is 0. The molecule has 1 saturated heterocycles. The third kappa shape index (κ3) is 7.24. The molecule has 0 aliphatic carbocycles. The summed E-state index contributed by atoms with van der Waals surface area (Å²) in [5.74, 6) is -1.42. The zero-order chi connectivity index (χ0) is 28.4. The Morgan fingerprint density at radius 3 is 2.50 bits per heavy atom. The number of aryl methyl sites for hydroxylation is 1. The van der Waals surface area contributed by atoms with Gasteiger partial charge >= 0.3 is 12.1 Å². The second-order valence-corrected chi connectivity index (χ2v) is 11.6. The Labute approximate surface area is 226 Å². The molecule has 1 unspecified atom stereocenters. The van der Waals surface area contributed by atoms with Crippen LogP contribution in [0.1, 0.15) is 83.3 Å². The van der Waals surface area contributed by atoms with Crippen LogP contribution >= 0.6 is 0 Å². The number of carbonyl (C=O) groups excluding carboxylic acids is 2. The molecule has 0 aromatic heterocycles. The molecular weight excluding hydrogens is 486 g/mol. The molecule has 1 aromatic rings. The zero-order valence-corrected chi connectivity index (χ0v) is 24.1. The maximum Gasteiger partial charge on any atom is 0.414 e. The molecule has 2 aliphatic rings. The van der Waals surface area contributed by atoms with Crippen LogP contribution in [0.4, 0.5) is 10.5 Å². The number of fused-ring (bicyclic) bond motifs is 2. The van der Waals surface area contributed by atoms with E-state index in [1.807, 2.05) is 80.5 Å². The van der Waals surface area contributed by atoms with Gasteiger partial charge in [-0.3, -0.25) is 4.90 Å². The van der Waals surface area contributed by atoms with Gasteiger partial charge in [-0.1, -0.05) is 31.2 Å². The van der Waals surface area contributed by atoms with Crippen molar-refractivity contribution >= 4 is 23.8 Å². The first-order valence-corrected chi connectivity index (χ1v) is 13.4. The molecule has 1 aromatic carbocycles. The Kier molecular flexibility index (Phi) is 9.12. The van der Waals surface area contributed by atoms with Crippen LogP contribution in [0, 0.1) is 12.8 Å². The Bertz CT molecular complexity index is 1080. The third-order valence-electron chi connectivity index (χ3n) is 6.67. The Hall–Kier alpha value is -2.68. The minimum Gasteiger partial charge on any atom is -0.458 e. The van der Waals surface area contributed by atoms with E-state index in [0.29, 0.717) is 35.3 Å². The van der Waals surface area contributed by atoms with Crippen LogP contribution in [0.3, 0.4) is 0 Å². The average molecular weight is 530 g/mol. The fraction of sp³-hybridized carbons (Fsp3) is 0.600. The van der Waals surface area contributed by atoms with Crippen LogP contribution in [0.25, 0.3) is 6.08 Å². The van der Waals surface area contributed by atoms with E-state index in [1.165, 1.54) is 0 Å². The highest BCUT2D eigenvalue weighted by atomic mass is 16.8. The molecule has 3 rings (SSSR count). The number of benzene rings is 1. The van der Waals surface area contributed by atoms with Crippen LogP contribution in [0.5, 0.6) is 0 Å². The minimum atomic E-state index is -0.878. The van der Waals surface area contributed by atoms with E-state index in [2.05, 4.69) is 0 Å². The lowest BCUT2D eigenvalue weighted by molar-refractivity contribution is -0.152. The molecule has 0 spiro atoms. The van der Waals surface area contributed by atoms with Gasteiger partial charge in [0.05, 0.1) is 11.7 Å². The van der Waals surface area contributed by atoms with Gasteiger partial charge in [0, 0.05) is 18.2 Å². The zero-order valence-electron chi connectivity index (χ0n) is 24.1. The van der Waals surface area contributed by atoms with E-state index in [4.69, 9.17) is 18.9 Å². The minimum absolute atomic E-state index is 0.147. The van der Waals surface area contributed by atoms with E-state index in [0.717, 1.165) is 0 Å². The fourth-order valence-electron chi connectivity index (χ4n) is 4.65. The third-order valence-corrected chi connectivity index (χ3v) is 6.67. The highest BCUT2D eigenvalue weighted by molar-refractivity contribution is 5.97. The van der Waals surface area contributed by atoms with Crippen molar-refractivity contribution in [1.29, 1.82) is 0 Å². The first kappa shape index (κ1) is 29.9. The number of hydrogen-bond acceptors (Lipinski definition) is 7. The second-order valence-electron chi connectivity index (χ2n) is 11.6. The number of cyclic esters (lactones) is 1. The van der Waals surface area contributed by atoms with E-state index >= 15 is 0 Å². The maximum atomic E-state index is 13.4. The number of nitrogens with zero attached hydrogens (tertiary/aromatic N) is 1. The predicted molar refractivity (Wildman–Crippen MR) is 147 cm³/mol. The number of esters is 1. The van der Waals surface area contributed by atoms with E-state index in [1.54, 1.807) is 23.1 Å². The molecule has 8 nitrogen and oxygen atoms in total. The summed E-state index contributed by atoms with van der Waals surface area (Å²) in [6, 6.07) is 3.61. The average Bonchev–Trinajstić information content (AvgIpc) is 3.09. The molecule has 8 heteroatoms.